The normalized spacial score (nSPS) is 10.6. The van der Waals surface area contributed by atoms with Crippen LogP contribution in [0.25, 0.3) is 0 Å². The molecule has 0 aliphatic rings. The third-order valence-electron chi connectivity index (χ3n) is 2.96. The van der Waals surface area contributed by atoms with E-state index in [-0.39, 0.29) is 29.8 Å². The number of hydrogen-bond acceptors (Lipinski definition) is 4. The van der Waals surface area contributed by atoms with Gasteiger partial charge in [0.15, 0.2) is 5.13 Å². The fourth-order valence-corrected chi connectivity index (χ4v) is 2.63. The van der Waals surface area contributed by atoms with Crippen LogP contribution in [0, 0.1) is 11.7 Å². The van der Waals surface area contributed by atoms with E-state index in [4.69, 9.17) is 0 Å². The number of amides is 2. The van der Waals surface area contributed by atoms with Crippen LogP contribution in [-0.4, -0.2) is 34.8 Å². The Morgan fingerprint density at radius 2 is 2.17 bits per heavy atom. The number of aromatic nitrogens is 1. The zero-order valence-electron chi connectivity index (χ0n) is 13.0. The quantitative estimate of drug-likeness (QED) is 0.883. The fourth-order valence-electron chi connectivity index (χ4n) is 2.08. The van der Waals surface area contributed by atoms with Crippen LogP contribution in [-0.2, 0) is 4.79 Å². The van der Waals surface area contributed by atoms with Gasteiger partial charge < -0.3 is 10.2 Å². The summed E-state index contributed by atoms with van der Waals surface area (Å²) in [6.07, 6.45) is 1.59. The highest BCUT2D eigenvalue weighted by Crippen LogP contribution is 2.12. The molecule has 2 aromatic rings. The van der Waals surface area contributed by atoms with Crippen LogP contribution < -0.4 is 5.32 Å². The van der Waals surface area contributed by atoms with Gasteiger partial charge in [0.2, 0.25) is 5.91 Å². The second-order valence-corrected chi connectivity index (χ2v) is 6.37. The van der Waals surface area contributed by atoms with Crippen LogP contribution in [0.1, 0.15) is 24.2 Å². The van der Waals surface area contributed by atoms with Gasteiger partial charge in [-0.3, -0.25) is 9.59 Å². The number of nitrogens with zero attached hydrogens (tertiary/aromatic N) is 2. The minimum Gasteiger partial charge on any atom is -0.329 e. The third kappa shape index (κ3) is 5.14. The topological polar surface area (TPSA) is 62.3 Å². The predicted molar refractivity (Wildman–Crippen MR) is 87.9 cm³/mol. The Balaban J connectivity index is 2.09. The molecule has 1 heterocycles. The van der Waals surface area contributed by atoms with Crippen molar-refractivity contribution in [2.75, 3.05) is 18.4 Å². The van der Waals surface area contributed by atoms with Gasteiger partial charge in [0, 0.05) is 23.7 Å². The lowest BCUT2D eigenvalue weighted by Crippen LogP contribution is -2.40. The van der Waals surface area contributed by atoms with Crippen LogP contribution in [0.3, 0.4) is 0 Å². The van der Waals surface area contributed by atoms with Crippen LogP contribution in [0.5, 0.6) is 0 Å². The lowest BCUT2D eigenvalue weighted by Gasteiger charge is -2.24. The first-order chi connectivity index (χ1) is 11.0. The maximum Gasteiger partial charge on any atom is 0.254 e. The van der Waals surface area contributed by atoms with Crippen LogP contribution in [0.15, 0.2) is 35.8 Å². The molecule has 0 radical (unpaired) electrons. The second kappa shape index (κ2) is 7.82. The average molecular weight is 335 g/mol. The molecule has 1 aromatic heterocycles. The molecule has 2 rings (SSSR count). The van der Waals surface area contributed by atoms with Gasteiger partial charge in [0.05, 0.1) is 0 Å². The summed E-state index contributed by atoms with van der Waals surface area (Å²) in [7, 11) is 0. The van der Waals surface area contributed by atoms with Gasteiger partial charge in [0.25, 0.3) is 5.91 Å². The van der Waals surface area contributed by atoms with Crippen molar-refractivity contribution >= 4 is 28.3 Å². The van der Waals surface area contributed by atoms with E-state index < -0.39 is 5.82 Å². The Bertz CT molecular complexity index is 674. The number of carbonyl (C=O) groups excluding carboxylic acids is 2. The largest absolute Gasteiger partial charge is 0.329 e. The molecule has 0 fully saturated rings. The standard InChI is InChI=1S/C16H18FN3O2S/c1-11(2)9-20(10-14(21)19-16-18-6-7-23-16)15(22)12-4-3-5-13(17)8-12/h3-8,11H,9-10H2,1-2H3,(H,18,19,21). The van der Waals surface area contributed by atoms with Crippen LogP contribution >= 0.6 is 11.3 Å². The summed E-state index contributed by atoms with van der Waals surface area (Å²) in [4.78, 5) is 30.0. The van der Waals surface area contributed by atoms with Gasteiger partial charge in [-0.25, -0.2) is 9.37 Å². The highest BCUT2D eigenvalue weighted by Gasteiger charge is 2.20. The van der Waals surface area contributed by atoms with Gasteiger partial charge in [-0.15, -0.1) is 11.3 Å². The minimum absolute atomic E-state index is 0.104. The van der Waals surface area contributed by atoms with E-state index in [0.29, 0.717) is 11.7 Å². The SMILES string of the molecule is CC(C)CN(CC(=O)Nc1nccs1)C(=O)c1cccc(F)c1. The Hall–Kier alpha value is -2.28. The van der Waals surface area contributed by atoms with Gasteiger partial charge in [-0.1, -0.05) is 19.9 Å². The first kappa shape index (κ1) is 17.1. The van der Waals surface area contributed by atoms with Gasteiger partial charge in [0.1, 0.15) is 12.4 Å². The molecule has 122 valence electrons. The van der Waals surface area contributed by atoms with Crippen LogP contribution in [0.4, 0.5) is 9.52 Å². The number of thiazole rings is 1. The molecule has 0 saturated carbocycles. The maximum atomic E-state index is 13.3. The first-order valence-electron chi connectivity index (χ1n) is 7.20. The highest BCUT2D eigenvalue weighted by molar-refractivity contribution is 7.13. The summed E-state index contributed by atoms with van der Waals surface area (Å²) in [5, 5.41) is 4.88. The minimum atomic E-state index is -0.479. The van der Waals surface area contributed by atoms with Crippen molar-refractivity contribution in [1.82, 2.24) is 9.88 Å². The van der Waals surface area contributed by atoms with Crippen molar-refractivity contribution in [3.8, 4) is 0 Å². The molecule has 0 bridgehead atoms. The molecule has 23 heavy (non-hydrogen) atoms. The molecule has 7 heteroatoms. The third-order valence-corrected chi connectivity index (χ3v) is 3.65. The summed E-state index contributed by atoms with van der Waals surface area (Å²) in [6, 6.07) is 5.47. The molecule has 2 amide bonds. The highest BCUT2D eigenvalue weighted by atomic mass is 32.1. The lowest BCUT2D eigenvalue weighted by atomic mass is 10.1. The smallest absolute Gasteiger partial charge is 0.254 e. The summed E-state index contributed by atoms with van der Waals surface area (Å²) < 4.78 is 13.3. The monoisotopic (exact) mass is 335 g/mol. The number of benzene rings is 1. The Morgan fingerprint density at radius 1 is 1.39 bits per heavy atom. The van der Waals surface area contributed by atoms with Crippen LogP contribution in [0.2, 0.25) is 0 Å². The van der Waals surface area contributed by atoms with E-state index in [1.54, 1.807) is 11.6 Å². The predicted octanol–water partition coefficient (Wildman–Crippen LogP) is 3.02. The molecule has 0 aliphatic carbocycles. The number of hydrogen-bond donors (Lipinski definition) is 1. The van der Waals surface area contributed by atoms with Gasteiger partial charge in [-0.05, 0) is 24.1 Å². The maximum absolute atomic E-state index is 13.3. The molecular formula is C16H18FN3O2S. The molecule has 0 aliphatic heterocycles. The van der Waals surface area contributed by atoms with Crippen molar-refractivity contribution in [2.24, 2.45) is 5.92 Å². The lowest BCUT2D eigenvalue weighted by molar-refractivity contribution is -0.117. The zero-order chi connectivity index (χ0) is 16.8. The number of carbonyl (C=O) groups is 2. The van der Waals surface area contributed by atoms with Crippen molar-refractivity contribution in [2.45, 2.75) is 13.8 Å². The van der Waals surface area contributed by atoms with Crippen molar-refractivity contribution in [3.05, 3.63) is 47.2 Å². The number of nitrogens with one attached hydrogen (secondary N) is 1. The number of anilines is 1. The zero-order valence-corrected chi connectivity index (χ0v) is 13.8. The summed E-state index contributed by atoms with van der Waals surface area (Å²) in [5.41, 5.74) is 0.229. The van der Waals surface area contributed by atoms with Gasteiger partial charge >= 0.3 is 0 Å². The molecule has 0 unspecified atom stereocenters. The Morgan fingerprint density at radius 3 is 2.78 bits per heavy atom. The summed E-state index contributed by atoms with van der Waals surface area (Å²) in [6.45, 7) is 4.20. The molecule has 0 spiro atoms. The summed E-state index contributed by atoms with van der Waals surface area (Å²) >= 11 is 1.30. The van der Waals surface area contributed by atoms with Crippen molar-refractivity contribution < 1.29 is 14.0 Å². The van der Waals surface area contributed by atoms with E-state index in [1.807, 2.05) is 13.8 Å². The Kier molecular flexibility index (Phi) is 5.81. The molecule has 5 nitrogen and oxygen atoms in total. The van der Waals surface area contributed by atoms with Gasteiger partial charge in [-0.2, -0.15) is 0 Å². The molecular weight excluding hydrogens is 317 g/mol. The van der Waals surface area contributed by atoms with E-state index in [2.05, 4.69) is 10.3 Å². The van der Waals surface area contributed by atoms with E-state index in [1.165, 1.54) is 40.5 Å². The van der Waals surface area contributed by atoms with Crippen molar-refractivity contribution in [3.63, 3.8) is 0 Å². The van der Waals surface area contributed by atoms with E-state index in [9.17, 15) is 14.0 Å². The molecule has 1 aromatic carbocycles. The molecule has 0 atom stereocenters. The fraction of sp³-hybridized carbons (Fsp3) is 0.312. The first-order valence-corrected chi connectivity index (χ1v) is 8.08. The number of rotatable bonds is 6. The van der Waals surface area contributed by atoms with Crippen molar-refractivity contribution in [1.29, 1.82) is 0 Å². The summed E-state index contributed by atoms with van der Waals surface area (Å²) in [5.74, 6) is -0.995. The number of halogens is 1. The van der Waals surface area contributed by atoms with E-state index in [0.717, 1.165) is 0 Å². The van der Waals surface area contributed by atoms with E-state index >= 15 is 0 Å². The average Bonchev–Trinajstić information content (AvgIpc) is 2.98. The molecule has 1 N–H and O–H groups in total. The second-order valence-electron chi connectivity index (χ2n) is 5.48. The Labute approximate surface area is 138 Å². The molecule has 0 saturated heterocycles.